The predicted octanol–water partition coefficient (Wildman–Crippen LogP) is 2.37. The van der Waals surface area contributed by atoms with Crippen molar-refractivity contribution in [2.45, 2.75) is 36.8 Å². The second kappa shape index (κ2) is 7.06. The second-order valence-corrected chi connectivity index (χ2v) is 7.53. The molecular formula is C14H17F3N2O4S. The van der Waals surface area contributed by atoms with Gasteiger partial charge >= 0.3 is 12.1 Å². The number of carboxylic acids is 1. The Morgan fingerprint density at radius 2 is 1.96 bits per heavy atom. The van der Waals surface area contributed by atoms with Crippen LogP contribution in [-0.2, 0) is 21.0 Å². The molecule has 0 radical (unpaired) electrons. The lowest BCUT2D eigenvalue weighted by molar-refractivity contribution is -0.143. The van der Waals surface area contributed by atoms with Crippen molar-refractivity contribution in [2.75, 3.05) is 13.1 Å². The molecule has 0 atom stereocenters. The maximum Gasteiger partial charge on any atom is 0.434 e. The van der Waals surface area contributed by atoms with Crippen molar-refractivity contribution in [3.8, 4) is 0 Å². The molecule has 1 aliphatic heterocycles. The third kappa shape index (κ3) is 4.23. The van der Waals surface area contributed by atoms with Gasteiger partial charge in [-0.1, -0.05) is 0 Å². The number of piperidine rings is 1. The third-order valence-corrected chi connectivity index (χ3v) is 5.93. The SMILES string of the molecule is O=C(O)CCC1CCN(S(=O)(=O)c2cccnc2C(F)(F)F)CC1. The largest absolute Gasteiger partial charge is 0.481 e. The van der Waals surface area contributed by atoms with Crippen LogP contribution < -0.4 is 0 Å². The highest BCUT2D eigenvalue weighted by Crippen LogP contribution is 2.34. The van der Waals surface area contributed by atoms with E-state index in [0.29, 0.717) is 19.3 Å². The number of aliphatic carboxylic acids is 1. The van der Waals surface area contributed by atoms with Gasteiger partial charge in [-0.25, -0.2) is 8.42 Å². The van der Waals surface area contributed by atoms with E-state index in [-0.39, 0.29) is 25.4 Å². The molecule has 1 aromatic rings. The van der Waals surface area contributed by atoms with Gasteiger partial charge in [-0.15, -0.1) is 0 Å². The number of nitrogens with zero attached hydrogens (tertiary/aromatic N) is 2. The van der Waals surface area contributed by atoms with Gasteiger partial charge in [0.15, 0.2) is 5.69 Å². The summed E-state index contributed by atoms with van der Waals surface area (Å²) in [6, 6.07) is 2.06. The van der Waals surface area contributed by atoms with Gasteiger partial charge in [0, 0.05) is 25.7 Å². The van der Waals surface area contributed by atoms with E-state index >= 15 is 0 Å². The van der Waals surface area contributed by atoms with E-state index in [0.717, 1.165) is 22.6 Å². The Morgan fingerprint density at radius 1 is 1.33 bits per heavy atom. The van der Waals surface area contributed by atoms with Gasteiger partial charge in [-0.05, 0) is 37.3 Å². The maximum atomic E-state index is 13.0. The normalized spacial score (nSPS) is 17.8. The minimum atomic E-state index is -4.86. The molecule has 10 heteroatoms. The molecule has 0 spiro atoms. The number of sulfonamides is 1. The molecule has 1 aromatic heterocycles. The minimum Gasteiger partial charge on any atom is -0.481 e. The van der Waals surface area contributed by atoms with Gasteiger partial charge in [0.2, 0.25) is 10.0 Å². The monoisotopic (exact) mass is 366 g/mol. The smallest absolute Gasteiger partial charge is 0.434 e. The topological polar surface area (TPSA) is 87.6 Å². The van der Waals surface area contributed by atoms with Crippen LogP contribution >= 0.6 is 0 Å². The predicted molar refractivity (Wildman–Crippen MR) is 77.6 cm³/mol. The highest BCUT2D eigenvalue weighted by Gasteiger charge is 2.41. The highest BCUT2D eigenvalue weighted by molar-refractivity contribution is 7.89. The Hall–Kier alpha value is -1.68. The fourth-order valence-electron chi connectivity index (χ4n) is 2.72. The average Bonchev–Trinajstić information content (AvgIpc) is 2.52. The average molecular weight is 366 g/mol. The van der Waals surface area contributed by atoms with Crippen LogP contribution in [0.3, 0.4) is 0 Å². The molecule has 1 N–H and O–H groups in total. The molecule has 6 nitrogen and oxygen atoms in total. The number of carboxylic acid groups (broad SMARTS) is 1. The van der Waals surface area contributed by atoms with E-state index in [9.17, 15) is 26.4 Å². The first-order valence-electron chi connectivity index (χ1n) is 7.36. The Bertz CT molecular complexity index is 698. The fraction of sp³-hybridized carbons (Fsp3) is 0.571. The Labute approximate surface area is 137 Å². The van der Waals surface area contributed by atoms with Crippen molar-refractivity contribution in [1.29, 1.82) is 0 Å². The van der Waals surface area contributed by atoms with Gasteiger partial charge in [-0.2, -0.15) is 17.5 Å². The summed E-state index contributed by atoms with van der Waals surface area (Å²) in [6.07, 6.45) is -2.67. The summed E-state index contributed by atoms with van der Waals surface area (Å²) >= 11 is 0. The number of rotatable bonds is 5. The lowest BCUT2D eigenvalue weighted by Gasteiger charge is -2.31. The molecule has 0 unspecified atom stereocenters. The van der Waals surface area contributed by atoms with Crippen LogP contribution in [0.1, 0.15) is 31.4 Å². The standard InChI is InChI=1S/C14H17F3N2O4S/c15-14(16,17)13-11(2-1-7-18-13)24(22,23)19-8-5-10(6-9-19)3-4-12(20)21/h1-2,7,10H,3-6,8-9H2,(H,20,21). The van der Waals surface area contributed by atoms with Gasteiger partial charge < -0.3 is 5.11 Å². The van der Waals surface area contributed by atoms with Crippen LogP contribution in [0, 0.1) is 5.92 Å². The number of halogens is 3. The van der Waals surface area contributed by atoms with Gasteiger partial charge in [0.25, 0.3) is 0 Å². The number of alkyl halides is 3. The van der Waals surface area contributed by atoms with Crippen molar-refractivity contribution in [1.82, 2.24) is 9.29 Å². The molecule has 1 saturated heterocycles. The molecule has 134 valence electrons. The van der Waals surface area contributed by atoms with E-state index in [4.69, 9.17) is 5.11 Å². The first-order valence-corrected chi connectivity index (χ1v) is 8.80. The van der Waals surface area contributed by atoms with Gasteiger partial charge in [0.05, 0.1) is 0 Å². The summed E-state index contributed by atoms with van der Waals surface area (Å²) in [7, 11) is -4.30. The molecule has 0 bridgehead atoms. The lowest BCUT2D eigenvalue weighted by atomic mass is 9.93. The van der Waals surface area contributed by atoms with Crippen LogP contribution in [-0.4, -0.2) is 41.9 Å². The number of carbonyl (C=O) groups is 1. The van der Waals surface area contributed by atoms with Crippen LogP contribution in [0.4, 0.5) is 13.2 Å². The molecule has 2 rings (SSSR count). The van der Waals surface area contributed by atoms with E-state index < -0.39 is 32.8 Å². The molecule has 0 saturated carbocycles. The van der Waals surface area contributed by atoms with Crippen LogP contribution in [0.5, 0.6) is 0 Å². The molecule has 0 aliphatic carbocycles. The van der Waals surface area contributed by atoms with Crippen molar-refractivity contribution < 1.29 is 31.5 Å². The van der Waals surface area contributed by atoms with Crippen molar-refractivity contribution in [3.05, 3.63) is 24.0 Å². The lowest BCUT2D eigenvalue weighted by Crippen LogP contribution is -2.39. The van der Waals surface area contributed by atoms with E-state index in [1.807, 2.05) is 0 Å². The summed E-state index contributed by atoms with van der Waals surface area (Å²) in [4.78, 5) is 12.9. The van der Waals surface area contributed by atoms with Gasteiger partial charge in [0.1, 0.15) is 4.90 Å². The number of hydrogen-bond acceptors (Lipinski definition) is 4. The molecule has 1 aliphatic rings. The summed E-state index contributed by atoms with van der Waals surface area (Å²) in [5, 5.41) is 8.66. The maximum absolute atomic E-state index is 13.0. The van der Waals surface area contributed by atoms with Crippen LogP contribution in [0.25, 0.3) is 0 Å². The van der Waals surface area contributed by atoms with Crippen molar-refractivity contribution >= 4 is 16.0 Å². The third-order valence-electron chi connectivity index (χ3n) is 4.00. The zero-order valence-electron chi connectivity index (χ0n) is 12.7. The molecular weight excluding hydrogens is 349 g/mol. The van der Waals surface area contributed by atoms with Crippen molar-refractivity contribution in [3.63, 3.8) is 0 Å². The molecule has 2 heterocycles. The van der Waals surface area contributed by atoms with Crippen molar-refractivity contribution in [2.24, 2.45) is 5.92 Å². The Morgan fingerprint density at radius 3 is 2.50 bits per heavy atom. The first-order chi connectivity index (χ1) is 11.1. The first kappa shape index (κ1) is 18.7. The van der Waals surface area contributed by atoms with Crippen LogP contribution in [0.2, 0.25) is 0 Å². The highest BCUT2D eigenvalue weighted by atomic mass is 32.2. The Balaban J connectivity index is 2.15. The summed E-state index contributed by atoms with van der Waals surface area (Å²) in [5.74, 6) is -0.862. The van der Waals surface area contributed by atoms with Crippen LogP contribution in [0.15, 0.2) is 23.2 Å². The molecule has 1 fully saturated rings. The summed E-state index contributed by atoms with van der Waals surface area (Å²) in [6.45, 7) is 0.137. The van der Waals surface area contributed by atoms with E-state index in [1.54, 1.807) is 0 Å². The summed E-state index contributed by atoms with van der Waals surface area (Å²) < 4.78 is 65.0. The van der Waals surface area contributed by atoms with Gasteiger partial charge in [-0.3, -0.25) is 9.78 Å². The zero-order valence-corrected chi connectivity index (χ0v) is 13.5. The fourth-order valence-corrected chi connectivity index (χ4v) is 4.35. The number of hydrogen-bond donors (Lipinski definition) is 1. The number of aromatic nitrogens is 1. The Kier molecular flexibility index (Phi) is 5.49. The quantitative estimate of drug-likeness (QED) is 0.864. The summed E-state index contributed by atoms with van der Waals surface area (Å²) in [5.41, 5.74) is -1.42. The van der Waals surface area contributed by atoms with E-state index in [2.05, 4.69) is 4.98 Å². The second-order valence-electron chi connectivity index (χ2n) is 5.63. The zero-order chi connectivity index (χ0) is 18.0. The van der Waals surface area contributed by atoms with E-state index in [1.165, 1.54) is 0 Å². The molecule has 0 amide bonds. The minimum absolute atomic E-state index is 0.00174. The molecule has 24 heavy (non-hydrogen) atoms. The molecule has 0 aromatic carbocycles. The number of pyridine rings is 1.